The quantitative estimate of drug-likeness (QED) is 0.630. The van der Waals surface area contributed by atoms with E-state index in [9.17, 15) is 9.59 Å². The summed E-state index contributed by atoms with van der Waals surface area (Å²) in [5, 5.41) is 0. The van der Waals surface area contributed by atoms with Gasteiger partial charge in [-0.2, -0.15) is 0 Å². The highest BCUT2D eigenvalue weighted by Crippen LogP contribution is 2.57. The highest BCUT2D eigenvalue weighted by atomic mass is 16.5. The van der Waals surface area contributed by atoms with Crippen LogP contribution in [0, 0.1) is 5.41 Å². The number of carbonyl (C=O) groups excluding carboxylic acids is 2. The van der Waals surface area contributed by atoms with E-state index in [1.54, 1.807) is 6.92 Å². The molecule has 0 aromatic heterocycles. The van der Waals surface area contributed by atoms with Crippen molar-refractivity contribution in [3.63, 3.8) is 0 Å². The highest BCUT2D eigenvalue weighted by Gasteiger charge is 2.59. The van der Waals surface area contributed by atoms with Gasteiger partial charge in [-0.05, 0) is 30.9 Å². The first kappa shape index (κ1) is 13.9. The van der Waals surface area contributed by atoms with Gasteiger partial charge in [0.05, 0.1) is 12.0 Å². The number of likely N-dealkylation sites (tertiary alicyclic amines) is 1. The number of ether oxygens (including phenoxy) is 1. The van der Waals surface area contributed by atoms with Crippen molar-refractivity contribution in [1.29, 1.82) is 0 Å². The van der Waals surface area contributed by atoms with E-state index in [-0.39, 0.29) is 11.9 Å². The first-order valence-electron chi connectivity index (χ1n) is 7.37. The van der Waals surface area contributed by atoms with Gasteiger partial charge in [-0.15, -0.1) is 0 Å². The Kier molecular flexibility index (Phi) is 3.53. The lowest BCUT2D eigenvalue weighted by molar-refractivity contribution is -0.137. The molecular weight excluding hydrogens is 266 g/mol. The zero-order chi connectivity index (χ0) is 14.9. The third-order valence-corrected chi connectivity index (χ3v) is 4.22. The van der Waals surface area contributed by atoms with Crippen LogP contribution in [0.4, 0.5) is 0 Å². The lowest BCUT2D eigenvalue weighted by atomic mass is 9.99. The number of nitrogens with zero attached hydrogens (tertiary/aromatic N) is 1. The first-order valence-corrected chi connectivity index (χ1v) is 7.37. The van der Waals surface area contributed by atoms with Gasteiger partial charge in [-0.3, -0.25) is 4.79 Å². The average Bonchev–Trinajstić information content (AvgIpc) is 3.23. The van der Waals surface area contributed by atoms with Crippen LogP contribution in [0.2, 0.25) is 0 Å². The number of hydrogen-bond donors (Lipinski definition) is 0. The van der Waals surface area contributed by atoms with Crippen molar-refractivity contribution in [3.8, 4) is 0 Å². The lowest BCUT2D eigenvalue weighted by Crippen LogP contribution is -2.27. The minimum absolute atomic E-state index is 0.155. The standard InChI is InChI=1S/C17H19NO3/c1-2-21-15(19)10-14-12-18(16(20)17(14)8-9-17)11-13-6-4-3-5-7-13/h3-7,10H,2,8-9,11-12H2,1H3. The van der Waals surface area contributed by atoms with Crippen LogP contribution in [0.15, 0.2) is 42.0 Å². The van der Waals surface area contributed by atoms with Gasteiger partial charge in [-0.25, -0.2) is 4.79 Å². The van der Waals surface area contributed by atoms with E-state index < -0.39 is 5.41 Å². The number of carbonyl (C=O) groups is 2. The molecule has 4 heteroatoms. The van der Waals surface area contributed by atoms with Gasteiger partial charge >= 0.3 is 5.97 Å². The highest BCUT2D eigenvalue weighted by molar-refractivity contribution is 5.95. The molecule has 1 spiro atoms. The Morgan fingerprint density at radius 2 is 2.05 bits per heavy atom. The van der Waals surface area contributed by atoms with Crippen molar-refractivity contribution in [2.45, 2.75) is 26.3 Å². The van der Waals surface area contributed by atoms with Gasteiger partial charge in [-0.1, -0.05) is 30.3 Å². The first-order chi connectivity index (χ1) is 10.2. The van der Waals surface area contributed by atoms with E-state index in [1.807, 2.05) is 35.2 Å². The number of amides is 1. The predicted octanol–water partition coefficient (Wildman–Crippen LogP) is 2.30. The minimum atomic E-state index is -0.401. The summed E-state index contributed by atoms with van der Waals surface area (Å²) < 4.78 is 4.97. The van der Waals surface area contributed by atoms with Crippen molar-refractivity contribution in [2.24, 2.45) is 5.41 Å². The van der Waals surface area contributed by atoms with Crippen LogP contribution in [0.1, 0.15) is 25.3 Å². The van der Waals surface area contributed by atoms with Gasteiger partial charge in [0.1, 0.15) is 0 Å². The van der Waals surface area contributed by atoms with Crippen molar-refractivity contribution in [3.05, 3.63) is 47.5 Å². The number of rotatable bonds is 4. The summed E-state index contributed by atoms with van der Waals surface area (Å²) in [5.41, 5.74) is 1.63. The van der Waals surface area contributed by atoms with Gasteiger partial charge in [0.15, 0.2) is 0 Å². The van der Waals surface area contributed by atoms with Crippen molar-refractivity contribution in [1.82, 2.24) is 4.90 Å². The number of hydrogen-bond acceptors (Lipinski definition) is 3. The Bertz CT molecular complexity index is 587. The average molecular weight is 285 g/mol. The van der Waals surface area contributed by atoms with Gasteiger partial charge in [0.25, 0.3) is 0 Å². The molecule has 1 aromatic carbocycles. The van der Waals surface area contributed by atoms with E-state index in [2.05, 4.69) is 0 Å². The maximum absolute atomic E-state index is 12.6. The largest absolute Gasteiger partial charge is 0.463 e. The van der Waals surface area contributed by atoms with Gasteiger partial charge in [0.2, 0.25) is 5.91 Å². The predicted molar refractivity (Wildman–Crippen MR) is 78.2 cm³/mol. The molecule has 2 fully saturated rings. The molecule has 110 valence electrons. The molecule has 1 aliphatic carbocycles. The fourth-order valence-electron chi connectivity index (χ4n) is 2.97. The summed E-state index contributed by atoms with van der Waals surface area (Å²) in [7, 11) is 0. The van der Waals surface area contributed by atoms with Crippen molar-refractivity contribution < 1.29 is 14.3 Å². The van der Waals surface area contributed by atoms with Crippen LogP contribution in [-0.2, 0) is 20.9 Å². The summed E-state index contributed by atoms with van der Waals surface area (Å²) in [5.74, 6) is -0.185. The van der Waals surface area contributed by atoms with Crippen LogP contribution >= 0.6 is 0 Å². The van der Waals surface area contributed by atoms with E-state index in [4.69, 9.17) is 4.74 Å². The normalized spacial score (nSPS) is 21.1. The molecule has 2 aliphatic rings. The SMILES string of the molecule is CCOC(=O)C=C1CN(Cc2ccccc2)C(=O)C12CC2. The molecule has 0 radical (unpaired) electrons. The fraction of sp³-hybridized carbons (Fsp3) is 0.412. The van der Waals surface area contributed by atoms with Crippen molar-refractivity contribution >= 4 is 11.9 Å². The molecule has 4 nitrogen and oxygen atoms in total. The molecule has 1 aromatic rings. The second-order valence-corrected chi connectivity index (χ2v) is 5.65. The van der Waals surface area contributed by atoms with E-state index >= 15 is 0 Å². The molecule has 1 amide bonds. The van der Waals surface area contributed by atoms with Gasteiger partial charge < -0.3 is 9.64 Å². The van der Waals surface area contributed by atoms with Crippen LogP contribution in [0.5, 0.6) is 0 Å². The summed E-state index contributed by atoms with van der Waals surface area (Å²) >= 11 is 0. The second-order valence-electron chi connectivity index (χ2n) is 5.65. The summed E-state index contributed by atoms with van der Waals surface area (Å²) in [6.07, 6.45) is 3.23. The molecule has 0 unspecified atom stereocenters. The summed E-state index contributed by atoms with van der Waals surface area (Å²) in [4.78, 5) is 26.1. The number of esters is 1. The third-order valence-electron chi connectivity index (χ3n) is 4.22. The van der Waals surface area contributed by atoms with Crippen LogP contribution in [0.3, 0.4) is 0 Å². The Hall–Kier alpha value is -2.10. The van der Waals surface area contributed by atoms with Crippen LogP contribution < -0.4 is 0 Å². The molecule has 1 saturated carbocycles. The molecule has 1 saturated heterocycles. The molecule has 0 bridgehead atoms. The Labute approximate surface area is 124 Å². The number of benzene rings is 1. The van der Waals surface area contributed by atoms with Crippen LogP contribution in [-0.4, -0.2) is 29.9 Å². The Morgan fingerprint density at radius 3 is 2.67 bits per heavy atom. The summed E-state index contributed by atoms with van der Waals surface area (Å²) in [6.45, 7) is 3.27. The lowest BCUT2D eigenvalue weighted by Gasteiger charge is -2.15. The minimum Gasteiger partial charge on any atom is -0.463 e. The topological polar surface area (TPSA) is 46.6 Å². The van der Waals surface area contributed by atoms with E-state index in [1.165, 1.54) is 6.08 Å². The zero-order valence-electron chi connectivity index (χ0n) is 12.2. The molecule has 3 rings (SSSR count). The Balaban J connectivity index is 1.77. The summed E-state index contributed by atoms with van der Waals surface area (Å²) in [6, 6.07) is 9.93. The molecular formula is C17H19NO3. The monoisotopic (exact) mass is 285 g/mol. The molecule has 0 N–H and O–H groups in total. The van der Waals surface area contributed by atoms with E-state index in [0.29, 0.717) is 19.7 Å². The maximum atomic E-state index is 12.6. The van der Waals surface area contributed by atoms with E-state index in [0.717, 1.165) is 24.0 Å². The van der Waals surface area contributed by atoms with Crippen LogP contribution in [0.25, 0.3) is 0 Å². The fourth-order valence-corrected chi connectivity index (χ4v) is 2.97. The van der Waals surface area contributed by atoms with Gasteiger partial charge in [0, 0.05) is 19.2 Å². The Morgan fingerprint density at radius 1 is 1.33 bits per heavy atom. The molecule has 1 aliphatic heterocycles. The zero-order valence-corrected chi connectivity index (χ0v) is 12.2. The smallest absolute Gasteiger partial charge is 0.330 e. The third kappa shape index (κ3) is 2.58. The van der Waals surface area contributed by atoms with Crippen molar-refractivity contribution in [2.75, 3.05) is 13.2 Å². The molecule has 21 heavy (non-hydrogen) atoms. The molecule has 1 heterocycles. The second kappa shape index (κ2) is 5.35. The maximum Gasteiger partial charge on any atom is 0.330 e. The molecule has 0 atom stereocenters.